The van der Waals surface area contributed by atoms with Gasteiger partial charge in [0.05, 0.1) is 62.6 Å². The van der Waals surface area contributed by atoms with Gasteiger partial charge in [-0.25, -0.2) is 15.0 Å². The van der Waals surface area contributed by atoms with Crippen LogP contribution >= 0.6 is 0 Å². The van der Waals surface area contributed by atoms with Crippen molar-refractivity contribution in [2.75, 3.05) is 45.4 Å². The first-order valence-electron chi connectivity index (χ1n) is 11.3. The number of anilines is 1. The van der Waals surface area contributed by atoms with Gasteiger partial charge in [-0.15, -0.1) is 0 Å². The molecule has 0 radical (unpaired) electrons. The average molecular weight is 472 g/mol. The Balaban J connectivity index is 1.57. The molecule has 1 atom stereocenters. The van der Waals surface area contributed by atoms with Crippen molar-refractivity contribution >= 4 is 22.9 Å². The van der Waals surface area contributed by atoms with Crippen LogP contribution in [0.2, 0.25) is 0 Å². The van der Waals surface area contributed by atoms with Gasteiger partial charge in [-0.2, -0.15) is 0 Å². The van der Waals surface area contributed by atoms with Gasteiger partial charge in [-0.05, 0) is 35.9 Å². The van der Waals surface area contributed by atoms with Crippen LogP contribution in [0.3, 0.4) is 0 Å². The fourth-order valence-electron chi connectivity index (χ4n) is 4.29. The van der Waals surface area contributed by atoms with Crippen molar-refractivity contribution in [2.24, 2.45) is 0 Å². The minimum atomic E-state index is -0.598. The summed E-state index contributed by atoms with van der Waals surface area (Å²) in [5.74, 6) is 0.438. The summed E-state index contributed by atoms with van der Waals surface area (Å²) in [6.45, 7) is 3.13. The molecule has 5 rings (SSSR count). The number of benzene rings is 2. The van der Waals surface area contributed by atoms with Crippen LogP contribution in [0.4, 0.5) is 5.69 Å². The van der Waals surface area contributed by atoms with Crippen LogP contribution in [0.1, 0.15) is 17.2 Å². The summed E-state index contributed by atoms with van der Waals surface area (Å²) < 4.78 is 16.2. The summed E-state index contributed by atoms with van der Waals surface area (Å²) in [5, 5.41) is 0.895. The SMILES string of the molecule is COc1cnc(C(C=O)c2ccc(OC)c(-c3ncnc4cc(N5CCOCC5)ccc34)c2)cn1. The summed E-state index contributed by atoms with van der Waals surface area (Å²) >= 11 is 0. The molecule has 0 aliphatic carbocycles. The highest BCUT2D eigenvalue weighted by Crippen LogP contribution is 2.37. The number of carbonyl (C=O) groups excluding carboxylic acids is 1. The number of nitrogens with zero attached hydrogens (tertiary/aromatic N) is 5. The highest BCUT2D eigenvalue weighted by molar-refractivity contribution is 5.95. The number of fused-ring (bicyclic) bond motifs is 1. The second-order valence-electron chi connectivity index (χ2n) is 8.08. The lowest BCUT2D eigenvalue weighted by atomic mass is 9.93. The lowest BCUT2D eigenvalue weighted by Crippen LogP contribution is -2.36. The topological polar surface area (TPSA) is 99.6 Å². The maximum Gasteiger partial charge on any atom is 0.231 e. The second kappa shape index (κ2) is 10.0. The van der Waals surface area contributed by atoms with Crippen LogP contribution in [0.25, 0.3) is 22.2 Å². The van der Waals surface area contributed by atoms with Gasteiger partial charge in [0.1, 0.15) is 18.4 Å². The van der Waals surface area contributed by atoms with Crippen molar-refractivity contribution in [1.82, 2.24) is 19.9 Å². The van der Waals surface area contributed by atoms with E-state index in [4.69, 9.17) is 14.2 Å². The van der Waals surface area contributed by atoms with E-state index in [1.54, 1.807) is 19.6 Å². The first kappa shape index (κ1) is 22.7. The number of aromatic nitrogens is 4. The number of morpholine rings is 1. The predicted octanol–water partition coefficient (Wildman–Crippen LogP) is 3.27. The molecule has 0 spiro atoms. The van der Waals surface area contributed by atoms with Gasteiger partial charge < -0.3 is 23.9 Å². The maximum absolute atomic E-state index is 12.1. The van der Waals surface area contributed by atoms with E-state index in [9.17, 15) is 4.79 Å². The van der Waals surface area contributed by atoms with Crippen LogP contribution in [0.5, 0.6) is 11.6 Å². The lowest BCUT2D eigenvalue weighted by Gasteiger charge is -2.29. The number of hydrogen-bond donors (Lipinski definition) is 0. The van der Waals surface area contributed by atoms with Crippen molar-refractivity contribution < 1.29 is 19.0 Å². The summed E-state index contributed by atoms with van der Waals surface area (Å²) in [6, 6.07) is 11.8. The quantitative estimate of drug-likeness (QED) is 0.376. The second-order valence-corrected chi connectivity index (χ2v) is 8.08. The molecule has 9 nitrogen and oxygen atoms in total. The first-order chi connectivity index (χ1) is 17.2. The summed E-state index contributed by atoms with van der Waals surface area (Å²) in [4.78, 5) is 32.0. The molecular weight excluding hydrogens is 446 g/mol. The molecule has 1 aliphatic rings. The molecule has 2 aromatic carbocycles. The molecule has 0 saturated carbocycles. The van der Waals surface area contributed by atoms with E-state index in [1.165, 1.54) is 13.3 Å². The molecule has 1 unspecified atom stereocenters. The Morgan fingerprint density at radius 3 is 2.54 bits per heavy atom. The zero-order valence-corrected chi connectivity index (χ0v) is 19.5. The molecule has 0 bridgehead atoms. The van der Waals surface area contributed by atoms with E-state index in [1.807, 2.05) is 24.3 Å². The fourth-order valence-corrected chi connectivity index (χ4v) is 4.29. The molecule has 2 aromatic heterocycles. The van der Waals surface area contributed by atoms with Gasteiger partial charge in [0, 0.05) is 29.7 Å². The maximum atomic E-state index is 12.1. The lowest BCUT2D eigenvalue weighted by molar-refractivity contribution is -0.108. The summed E-state index contributed by atoms with van der Waals surface area (Å²) in [6.07, 6.45) is 5.46. The summed E-state index contributed by atoms with van der Waals surface area (Å²) in [7, 11) is 3.14. The Morgan fingerprint density at radius 1 is 0.971 bits per heavy atom. The van der Waals surface area contributed by atoms with Crippen molar-refractivity contribution in [3.63, 3.8) is 0 Å². The molecule has 178 valence electrons. The Morgan fingerprint density at radius 2 is 1.83 bits per heavy atom. The van der Waals surface area contributed by atoms with Crippen LogP contribution < -0.4 is 14.4 Å². The van der Waals surface area contributed by atoms with E-state index in [2.05, 4.69) is 37.0 Å². The van der Waals surface area contributed by atoms with E-state index < -0.39 is 5.92 Å². The largest absolute Gasteiger partial charge is 0.496 e. The Labute approximate surface area is 202 Å². The Bertz CT molecular complexity index is 1340. The fraction of sp³-hybridized carbons (Fsp3) is 0.269. The third kappa shape index (κ3) is 4.50. The van der Waals surface area contributed by atoms with Gasteiger partial charge in [-0.3, -0.25) is 4.98 Å². The van der Waals surface area contributed by atoms with Gasteiger partial charge >= 0.3 is 0 Å². The highest BCUT2D eigenvalue weighted by atomic mass is 16.5. The van der Waals surface area contributed by atoms with E-state index in [-0.39, 0.29) is 0 Å². The van der Waals surface area contributed by atoms with E-state index in [0.29, 0.717) is 30.5 Å². The van der Waals surface area contributed by atoms with E-state index in [0.717, 1.165) is 52.8 Å². The number of carbonyl (C=O) groups is 1. The van der Waals surface area contributed by atoms with Crippen molar-refractivity contribution in [3.05, 3.63) is 66.4 Å². The third-order valence-electron chi connectivity index (χ3n) is 6.15. The van der Waals surface area contributed by atoms with Crippen LogP contribution in [-0.4, -0.2) is 66.7 Å². The predicted molar refractivity (Wildman–Crippen MR) is 131 cm³/mol. The van der Waals surface area contributed by atoms with Crippen LogP contribution in [0, 0.1) is 0 Å². The normalized spacial score (nSPS) is 14.5. The van der Waals surface area contributed by atoms with Gasteiger partial charge in [0.2, 0.25) is 5.88 Å². The summed E-state index contributed by atoms with van der Waals surface area (Å²) in [5.41, 5.74) is 4.72. The molecule has 4 aromatic rings. The van der Waals surface area contributed by atoms with Crippen molar-refractivity contribution in [1.29, 1.82) is 0 Å². The number of methoxy groups -OCH3 is 2. The molecule has 9 heteroatoms. The zero-order valence-electron chi connectivity index (χ0n) is 19.5. The van der Waals surface area contributed by atoms with Gasteiger partial charge in [0.15, 0.2) is 0 Å². The zero-order chi connectivity index (χ0) is 24.2. The van der Waals surface area contributed by atoms with Gasteiger partial charge in [0.25, 0.3) is 0 Å². The molecular formula is C26H25N5O4. The number of rotatable bonds is 7. The molecule has 0 N–H and O–H groups in total. The standard InChI is InChI=1S/C26H25N5O4/c1-33-24-6-3-17(21(15-32)23-13-28-25(34-2)14-27-23)11-20(24)26-19-5-4-18(12-22(19)29-16-30-26)31-7-9-35-10-8-31/h3-6,11-16,21H,7-10H2,1-2H3. The monoisotopic (exact) mass is 471 g/mol. The molecule has 35 heavy (non-hydrogen) atoms. The van der Waals surface area contributed by atoms with Crippen molar-refractivity contribution in [3.8, 4) is 22.9 Å². The number of hydrogen-bond acceptors (Lipinski definition) is 9. The Hall–Kier alpha value is -4.11. The van der Waals surface area contributed by atoms with Gasteiger partial charge in [-0.1, -0.05) is 6.07 Å². The van der Waals surface area contributed by atoms with Crippen molar-refractivity contribution in [2.45, 2.75) is 5.92 Å². The number of ether oxygens (including phenoxy) is 3. The minimum absolute atomic E-state index is 0.387. The number of aldehydes is 1. The van der Waals surface area contributed by atoms with Crippen LogP contribution in [0.15, 0.2) is 55.1 Å². The van der Waals surface area contributed by atoms with Crippen LogP contribution in [-0.2, 0) is 9.53 Å². The molecule has 1 fully saturated rings. The molecule has 3 heterocycles. The molecule has 1 aliphatic heterocycles. The van der Waals surface area contributed by atoms with E-state index >= 15 is 0 Å². The highest BCUT2D eigenvalue weighted by Gasteiger charge is 2.20. The first-order valence-corrected chi connectivity index (χ1v) is 11.3. The minimum Gasteiger partial charge on any atom is -0.496 e. The third-order valence-corrected chi connectivity index (χ3v) is 6.15. The molecule has 0 amide bonds. The molecule has 1 saturated heterocycles. The Kier molecular flexibility index (Phi) is 6.49. The average Bonchev–Trinajstić information content (AvgIpc) is 2.93. The smallest absolute Gasteiger partial charge is 0.231 e.